The van der Waals surface area contributed by atoms with E-state index < -0.39 is 0 Å². The predicted octanol–water partition coefficient (Wildman–Crippen LogP) is 3.73. The van der Waals surface area contributed by atoms with Gasteiger partial charge in [-0.2, -0.15) is 0 Å². The second-order valence-corrected chi connectivity index (χ2v) is 7.51. The summed E-state index contributed by atoms with van der Waals surface area (Å²) in [6, 6.07) is 9.31. The Morgan fingerprint density at radius 1 is 1.22 bits per heavy atom. The fraction of sp³-hybridized carbons (Fsp3) is 0.600. The summed E-state index contributed by atoms with van der Waals surface area (Å²) >= 11 is 0. The largest absolute Gasteiger partial charge is 0.350 e. The number of rotatable bonds is 5. The van der Waals surface area contributed by atoms with Gasteiger partial charge < -0.3 is 10.3 Å². The van der Waals surface area contributed by atoms with E-state index in [4.69, 9.17) is 5.73 Å². The lowest BCUT2D eigenvalue weighted by Gasteiger charge is -2.41. The first kappa shape index (κ1) is 16.5. The molecule has 3 nitrogen and oxygen atoms in total. The Balaban J connectivity index is 1.96. The molecule has 1 aromatic heterocycles. The number of fused-ring (bicyclic) bond motifs is 1. The standard InChI is InChI=1S/C20H31N3/c1-15(2)13-23-11-7-6-10-20(23)17(12-21)18-14-22(3)19-9-5-4-8-16(18)19/h4-5,8-9,14-15,17,20H,6-7,10-13,21H2,1-3H3. The van der Waals surface area contributed by atoms with Crippen molar-refractivity contribution in [3.63, 3.8) is 0 Å². The third-order valence-electron chi connectivity index (χ3n) is 5.31. The lowest BCUT2D eigenvalue weighted by atomic mass is 9.84. The first-order chi connectivity index (χ1) is 11.1. The molecular formula is C20H31N3. The van der Waals surface area contributed by atoms with Gasteiger partial charge in [0.2, 0.25) is 0 Å². The average molecular weight is 313 g/mol. The second-order valence-electron chi connectivity index (χ2n) is 7.51. The first-order valence-electron chi connectivity index (χ1n) is 9.10. The molecule has 2 N–H and O–H groups in total. The van der Waals surface area contributed by atoms with E-state index in [0.717, 1.165) is 6.54 Å². The molecule has 1 saturated heterocycles. The van der Waals surface area contributed by atoms with Crippen LogP contribution in [0.15, 0.2) is 30.5 Å². The van der Waals surface area contributed by atoms with Gasteiger partial charge in [-0.1, -0.05) is 38.5 Å². The van der Waals surface area contributed by atoms with Gasteiger partial charge in [-0.3, -0.25) is 4.90 Å². The first-order valence-corrected chi connectivity index (χ1v) is 9.10. The molecule has 0 bridgehead atoms. The Hall–Kier alpha value is -1.32. The Morgan fingerprint density at radius 3 is 2.74 bits per heavy atom. The molecule has 2 heterocycles. The summed E-state index contributed by atoms with van der Waals surface area (Å²) in [5, 5.41) is 1.38. The van der Waals surface area contributed by atoms with E-state index >= 15 is 0 Å². The van der Waals surface area contributed by atoms with Crippen molar-refractivity contribution in [2.45, 2.75) is 45.1 Å². The van der Waals surface area contributed by atoms with Crippen LogP contribution in [0, 0.1) is 5.92 Å². The summed E-state index contributed by atoms with van der Waals surface area (Å²) in [6.07, 6.45) is 6.25. The molecule has 1 aliphatic rings. The highest BCUT2D eigenvalue weighted by Crippen LogP contribution is 2.34. The fourth-order valence-electron chi connectivity index (χ4n) is 4.33. The molecule has 0 spiro atoms. The molecule has 0 radical (unpaired) electrons. The van der Waals surface area contributed by atoms with Crippen molar-refractivity contribution in [2.75, 3.05) is 19.6 Å². The smallest absolute Gasteiger partial charge is 0.0480 e. The summed E-state index contributed by atoms with van der Waals surface area (Å²) < 4.78 is 2.25. The van der Waals surface area contributed by atoms with Crippen LogP contribution in [-0.2, 0) is 7.05 Å². The van der Waals surface area contributed by atoms with Crippen LogP contribution in [0.2, 0.25) is 0 Å². The molecule has 1 fully saturated rings. The molecule has 23 heavy (non-hydrogen) atoms. The van der Waals surface area contributed by atoms with Gasteiger partial charge in [0.25, 0.3) is 0 Å². The topological polar surface area (TPSA) is 34.2 Å². The zero-order chi connectivity index (χ0) is 16.4. The summed E-state index contributed by atoms with van der Waals surface area (Å²) in [7, 11) is 2.15. The minimum atomic E-state index is 0.431. The van der Waals surface area contributed by atoms with E-state index in [0.29, 0.717) is 17.9 Å². The number of nitrogens with zero attached hydrogens (tertiary/aromatic N) is 2. The highest BCUT2D eigenvalue weighted by Gasteiger charge is 2.31. The molecule has 1 aromatic carbocycles. The number of aromatic nitrogens is 1. The average Bonchev–Trinajstić information content (AvgIpc) is 2.87. The van der Waals surface area contributed by atoms with Gasteiger partial charge >= 0.3 is 0 Å². The van der Waals surface area contributed by atoms with E-state index in [2.05, 4.69) is 60.8 Å². The molecule has 2 unspecified atom stereocenters. The number of aryl methyl sites for hydroxylation is 1. The molecule has 126 valence electrons. The van der Waals surface area contributed by atoms with Crippen molar-refractivity contribution in [3.8, 4) is 0 Å². The Morgan fingerprint density at radius 2 is 2.00 bits per heavy atom. The van der Waals surface area contributed by atoms with Crippen LogP contribution in [0.3, 0.4) is 0 Å². The minimum Gasteiger partial charge on any atom is -0.350 e. The van der Waals surface area contributed by atoms with Gasteiger partial charge in [0.15, 0.2) is 0 Å². The summed E-state index contributed by atoms with van der Waals surface area (Å²) in [5.74, 6) is 1.14. The van der Waals surface area contributed by atoms with Crippen molar-refractivity contribution in [3.05, 3.63) is 36.0 Å². The van der Waals surface area contributed by atoms with Crippen molar-refractivity contribution >= 4 is 10.9 Å². The van der Waals surface area contributed by atoms with Crippen LogP contribution in [0.1, 0.15) is 44.6 Å². The highest BCUT2D eigenvalue weighted by molar-refractivity contribution is 5.84. The summed E-state index contributed by atoms with van der Waals surface area (Å²) in [4.78, 5) is 2.70. The maximum Gasteiger partial charge on any atom is 0.0480 e. The van der Waals surface area contributed by atoms with Gasteiger partial charge in [-0.25, -0.2) is 0 Å². The minimum absolute atomic E-state index is 0.431. The van der Waals surface area contributed by atoms with Crippen LogP contribution in [0.25, 0.3) is 10.9 Å². The zero-order valence-electron chi connectivity index (χ0n) is 14.8. The maximum atomic E-state index is 6.29. The number of para-hydroxylation sites is 1. The maximum absolute atomic E-state index is 6.29. The Kier molecular flexibility index (Phi) is 5.08. The molecular weight excluding hydrogens is 282 g/mol. The fourth-order valence-corrected chi connectivity index (χ4v) is 4.33. The molecule has 3 rings (SSSR count). The zero-order valence-corrected chi connectivity index (χ0v) is 14.8. The van der Waals surface area contributed by atoms with Crippen LogP contribution < -0.4 is 5.73 Å². The van der Waals surface area contributed by atoms with Gasteiger partial charge in [-0.15, -0.1) is 0 Å². The van der Waals surface area contributed by atoms with E-state index in [1.54, 1.807) is 0 Å². The number of piperidine rings is 1. The Bertz CT molecular complexity index is 643. The predicted molar refractivity (Wildman–Crippen MR) is 98.8 cm³/mol. The molecule has 3 heteroatoms. The lowest BCUT2D eigenvalue weighted by molar-refractivity contribution is 0.113. The lowest BCUT2D eigenvalue weighted by Crippen LogP contribution is -2.46. The van der Waals surface area contributed by atoms with Gasteiger partial charge in [0.1, 0.15) is 0 Å². The monoisotopic (exact) mass is 313 g/mol. The van der Waals surface area contributed by atoms with E-state index in [1.807, 2.05) is 0 Å². The second kappa shape index (κ2) is 7.06. The van der Waals surface area contributed by atoms with Gasteiger partial charge in [0, 0.05) is 49.2 Å². The number of benzene rings is 1. The van der Waals surface area contributed by atoms with Crippen LogP contribution >= 0.6 is 0 Å². The SMILES string of the molecule is CC(C)CN1CCCCC1C(CN)c1cn(C)c2ccccc12. The third kappa shape index (κ3) is 3.31. The number of hydrogen-bond acceptors (Lipinski definition) is 2. The molecule has 0 amide bonds. The number of nitrogens with two attached hydrogens (primary N) is 1. The molecule has 0 aliphatic carbocycles. The van der Waals surface area contributed by atoms with Crippen LogP contribution in [0.5, 0.6) is 0 Å². The molecule has 1 aliphatic heterocycles. The summed E-state index contributed by atoms with van der Waals surface area (Å²) in [6.45, 7) is 7.78. The van der Waals surface area contributed by atoms with Crippen LogP contribution in [-0.4, -0.2) is 35.1 Å². The molecule has 2 aromatic rings. The summed E-state index contributed by atoms with van der Waals surface area (Å²) in [5.41, 5.74) is 9.04. The normalized spacial score (nSPS) is 21.2. The van der Waals surface area contributed by atoms with Crippen molar-refractivity contribution < 1.29 is 0 Å². The highest BCUT2D eigenvalue weighted by atomic mass is 15.2. The van der Waals surface area contributed by atoms with Crippen molar-refractivity contribution in [2.24, 2.45) is 18.7 Å². The van der Waals surface area contributed by atoms with Crippen molar-refractivity contribution in [1.29, 1.82) is 0 Å². The third-order valence-corrected chi connectivity index (χ3v) is 5.31. The van der Waals surface area contributed by atoms with Gasteiger partial charge in [-0.05, 0) is 36.9 Å². The quantitative estimate of drug-likeness (QED) is 0.912. The number of likely N-dealkylation sites (tertiary alicyclic amines) is 1. The van der Waals surface area contributed by atoms with E-state index in [9.17, 15) is 0 Å². The Labute approximate surface area is 140 Å². The van der Waals surface area contributed by atoms with Crippen LogP contribution in [0.4, 0.5) is 0 Å². The van der Waals surface area contributed by atoms with E-state index in [-0.39, 0.29) is 0 Å². The van der Waals surface area contributed by atoms with Crippen molar-refractivity contribution in [1.82, 2.24) is 9.47 Å². The van der Waals surface area contributed by atoms with Gasteiger partial charge in [0.05, 0.1) is 0 Å². The molecule has 0 saturated carbocycles. The van der Waals surface area contributed by atoms with E-state index in [1.165, 1.54) is 48.8 Å². The number of hydrogen-bond donors (Lipinski definition) is 1. The molecule has 2 atom stereocenters.